The number of fused-ring (bicyclic) bond motifs is 6. The molecule has 49 heavy (non-hydrogen) atoms. The molecule has 3 aromatic rings. The molecule has 7 rings (SSSR count). The van der Waals surface area contributed by atoms with Crippen LogP contribution in [0.15, 0.2) is 54.6 Å². The van der Waals surface area contributed by atoms with Crippen LogP contribution in [-0.2, 0) is 25.7 Å². The fourth-order valence-corrected chi connectivity index (χ4v) is 6.88. The Morgan fingerprint density at radius 3 is 1.65 bits per heavy atom. The average Bonchev–Trinajstić information content (AvgIpc) is 3.40. The van der Waals surface area contributed by atoms with E-state index in [1.165, 1.54) is 24.3 Å². The van der Waals surface area contributed by atoms with E-state index in [2.05, 4.69) is 0 Å². The zero-order valence-electron chi connectivity index (χ0n) is 25.4. The van der Waals surface area contributed by atoms with Gasteiger partial charge in [0, 0.05) is 34.7 Å². The molecule has 10 atom stereocenters. The predicted molar refractivity (Wildman–Crippen MR) is 163 cm³/mol. The molecule has 0 aromatic heterocycles. The molecule has 2 unspecified atom stereocenters. The second-order valence-electron chi connectivity index (χ2n) is 12.1. The number of aliphatic hydroxyl groups excluding tert-OH is 8. The first-order valence-corrected chi connectivity index (χ1v) is 15.9. The Labute approximate surface area is 282 Å². The van der Waals surface area contributed by atoms with Crippen molar-refractivity contribution in [3.8, 4) is 23.0 Å². The number of rotatable bonds is 7. The summed E-state index contributed by atoms with van der Waals surface area (Å²) in [6.07, 6.45) is -15.3. The van der Waals surface area contributed by atoms with Crippen molar-refractivity contribution in [2.45, 2.75) is 72.9 Å². The molecule has 1 spiro atoms. The number of halogens is 1. The van der Waals surface area contributed by atoms with E-state index in [4.69, 9.17) is 40.0 Å². The normalized spacial score (nSPS) is 34.8. The minimum absolute atomic E-state index is 0.0301. The second-order valence-corrected chi connectivity index (χ2v) is 12.4. The molecule has 4 heterocycles. The number of esters is 1. The summed E-state index contributed by atoms with van der Waals surface area (Å²) in [6, 6.07) is 14.2. The van der Waals surface area contributed by atoms with Gasteiger partial charge < -0.3 is 69.3 Å². The van der Waals surface area contributed by atoms with E-state index in [0.717, 1.165) is 0 Å². The molecule has 0 bridgehead atoms. The van der Waals surface area contributed by atoms with Gasteiger partial charge in [-0.1, -0.05) is 18.2 Å². The number of aliphatic hydroxyl groups is 8. The van der Waals surface area contributed by atoms with Crippen LogP contribution in [0, 0.1) is 0 Å². The molecule has 4 aliphatic heterocycles. The SMILES string of the molecule is O=C1OC2(c3ccc(OC4O[C@H](CO)[C@H](O)[C@H](O)[C@H]4O)cc3Oc3cc(OC4O[C@H](CO)[C@H](O)[C@H](O)[C@H]4O)ccc32)c2cccc(CCl)c21. The summed E-state index contributed by atoms with van der Waals surface area (Å²) in [7, 11) is 0. The van der Waals surface area contributed by atoms with Crippen LogP contribution in [0.5, 0.6) is 23.0 Å². The van der Waals surface area contributed by atoms with Crippen LogP contribution < -0.4 is 14.2 Å². The van der Waals surface area contributed by atoms with E-state index in [1.54, 1.807) is 30.3 Å². The number of ether oxygens (including phenoxy) is 6. The minimum atomic E-state index is -1.68. The van der Waals surface area contributed by atoms with Gasteiger partial charge in [-0.25, -0.2) is 4.79 Å². The van der Waals surface area contributed by atoms with Gasteiger partial charge in [0.25, 0.3) is 0 Å². The predicted octanol–water partition coefficient (Wildman–Crippen LogP) is -0.649. The van der Waals surface area contributed by atoms with Crippen LogP contribution in [0.1, 0.15) is 32.6 Å². The molecule has 15 nitrogen and oxygen atoms in total. The first kappa shape index (κ1) is 33.9. The number of hydrogen-bond donors (Lipinski definition) is 8. The summed E-state index contributed by atoms with van der Waals surface area (Å²) in [5, 5.41) is 81.0. The summed E-state index contributed by atoms with van der Waals surface area (Å²) in [5.74, 6) is -0.173. The van der Waals surface area contributed by atoms with Gasteiger partial charge in [-0.05, 0) is 29.8 Å². The Morgan fingerprint density at radius 2 is 1.18 bits per heavy atom. The Kier molecular flexibility index (Phi) is 8.96. The minimum Gasteiger partial charge on any atom is -0.462 e. The number of hydrogen-bond acceptors (Lipinski definition) is 15. The van der Waals surface area contributed by atoms with Gasteiger partial charge in [-0.3, -0.25) is 0 Å². The van der Waals surface area contributed by atoms with Crippen LogP contribution in [0.4, 0.5) is 0 Å². The highest BCUT2D eigenvalue weighted by Crippen LogP contribution is 2.57. The topological polar surface area (TPSA) is 234 Å². The molecule has 16 heteroatoms. The molecule has 4 aliphatic rings. The van der Waals surface area contributed by atoms with E-state index >= 15 is 0 Å². The molecule has 0 saturated carbocycles. The molecule has 262 valence electrons. The maximum atomic E-state index is 13.5. The number of carbonyl (C=O) groups is 1. The van der Waals surface area contributed by atoms with E-state index in [9.17, 15) is 45.6 Å². The van der Waals surface area contributed by atoms with Crippen LogP contribution in [0.25, 0.3) is 0 Å². The highest BCUT2D eigenvalue weighted by atomic mass is 35.5. The molecule has 0 radical (unpaired) electrons. The zero-order chi connectivity index (χ0) is 34.8. The fraction of sp³-hybridized carbons (Fsp3) is 0.424. The molecule has 2 saturated heterocycles. The molecule has 0 amide bonds. The lowest BCUT2D eigenvalue weighted by Crippen LogP contribution is -2.60. The summed E-state index contributed by atoms with van der Waals surface area (Å²) in [5.41, 5.74) is 0.526. The lowest BCUT2D eigenvalue weighted by Gasteiger charge is -2.40. The van der Waals surface area contributed by atoms with E-state index in [-0.39, 0.29) is 34.4 Å². The number of carbonyl (C=O) groups excluding carboxylic acids is 1. The van der Waals surface area contributed by atoms with Crippen molar-refractivity contribution in [1.29, 1.82) is 0 Å². The third-order valence-corrected chi connectivity index (χ3v) is 9.50. The molecular formula is C33H33ClO15. The van der Waals surface area contributed by atoms with Crippen LogP contribution in [0.2, 0.25) is 0 Å². The van der Waals surface area contributed by atoms with Crippen molar-refractivity contribution in [1.82, 2.24) is 0 Å². The Hall–Kier alpha value is -3.58. The third kappa shape index (κ3) is 5.42. The highest BCUT2D eigenvalue weighted by Gasteiger charge is 2.55. The first-order chi connectivity index (χ1) is 23.5. The van der Waals surface area contributed by atoms with E-state index in [1.807, 2.05) is 0 Å². The third-order valence-electron chi connectivity index (χ3n) is 9.21. The smallest absolute Gasteiger partial charge is 0.340 e. The Balaban J connectivity index is 1.29. The van der Waals surface area contributed by atoms with E-state index in [0.29, 0.717) is 22.3 Å². The molecular weight excluding hydrogens is 672 g/mol. The quantitative estimate of drug-likeness (QED) is 0.113. The monoisotopic (exact) mass is 704 g/mol. The van der Waals surface area contributed by atoms with Gasteiger partial charge >= 0.3 is 5.97 Å². The number of benzene rings is 3. The summed E-state index contributed by atoms with van der Waals surface area (Å²) in [4.78, 5) is 13.5. The number of alkyl halides is 1. The molecule has 8 N–H and O–H groups in total. The maximum absolute atomic E-state index is 13.5. The lowest BCUT2D eigenvalue weighted by atomic mass is 9.77. The van der Waals surface area contributed by atoms with Gasteiger partial charge in [-0.2, -0.15) is 0 Å². The standard InChI is InChI=1S/C33H33ClO15/c34-10-13-2-1-3-18-23(13)30(43)49-33(18)16-6-4-14(44-31-28(41)26(39)24(37)21(11-35)47-31)8-19(16)46-20-9-15(5-7-17(20)33)45-32-29(42)27(40)25(38)22(12-36)48-32/h1-9,21-22,24-29,31-32,35-42H,10-12H2/t21-,22-,24+,25+,26+,27+,28-,29-,31?,32?,33?/m1/s1. The summed E-state index contributed by atoms with van der Waals surface area (Å²) >= 11 is 6.21. The Bertz CT molecular complexity index is 1640. The van der Waals surface area contributed by atoms with Crippen LogP contribution >= 0.6 is 11.6 Å². The van der Waals surface area contributed by atoms with Gasteiger partial charge in [-0.15, -0.1) is 11.6 Å². The first-order valence-electron chi connectivity index (χ1n) is 15.3. The zero-order valence-corrected chi connectivity index (χ0v) is 26.2. The lowest BCUT2D eigenvalue weighted by molar-refractivity contribution is -0.277. The van der Waals surface area contributed by atoms with Gasteiger partial charge in [0.1, 0.15) is 71.8 Å². The average molecular weight is 705 g/mol. The highest BCUT2D eigenvalue weighted by molar-refractivity contribution is 6.18. The van der Waals surface area contributed by atoms with Crippen LogP contribution in [-0.4, -0.2) is 121 Å². The van der Waals surface area contributed by atoms with Gasteiger partial charge in [0.15, 0.2) is 5.60 Å². The van der Waals surface area contributed by atoms with Crippen molar-refractivity contribution in [2.75, 3.05) is 13.2 Å². The fourth-order valence-electron chi connectivity index (χ4n) is 6.65. The van der Waals surface area contributed by atoms with Gasteiger partial charge in [0.2, 0.25) is 12.6 Å². The van der Waals surface area contributed by atoms with Crippen molar-refractivity contribution in [2.24, 2.45) is 0 Å². The molecule has 3 aromatic carbocycles. The van der Waals surface area contributed by atoms with Crippen molar-refractivity contribution >= 4 is 17.6 Å². The Morgan fingerprint density at radius 1 is 0.673 bits per heavy atom. The molecule has 2 fully saturated rings. The second kappa shape index (κ2) is 12.9. The van der Waals surface area contributed by atoms with Crippen molar-refractivity contribution < 1.29 is 74.1 Å². The summed E-state index contributed by atoms with van der Waals surface area (Å²) in [6.45, 7) is -1.31. The summed E-state index contributed by atoms with van der Waals surface area (Å²) < 4.78 is 35.2. The van der Waals surface area contributed by atoms with Crippen molar-refractivity contribution in [3.05, 3.63) is 82.4 Å². The van der Waals surface area contributed by atoms with Crippen LogP contribution in [0.3, 0.4) is 0 Å². The maximum Gasteiger partial charge on any atom is 0.340 e. The van der Waals surface area contributed by atoms with Gasteiger partial charge in [0.05, 0.1) is 18.8 Å². The largest absolute Gasteiger partial charge is 0.462 e. The molecule has 0 aliphatic carbocycles. The van der Waals surface area contributed by atoms with Crippen molar-refractivity contribution in [3.63, 3.8) is 0 Å². The van der Waals surface area contributed by atoms with E-state index < -0.39 is 86.2 Å².